The highest BCUT2D eigenvalue weighted by molar-refractivity contribution is 5.93. The fourth-order valence-electron chi connectivity index (χ4n) is 2.94. The maximum Gasteiger partial charge on any atom is 0.238 e. The van der Waals surface area contributed by atoms with Crippen molar-refractivity contribution >= 4 is 11.6 Å². The van der Waals surface area contributed by atoms with Gasteiger partial charge < -0.3 is 10.4 Å². The van der Waals surface area contributed by atoms with Gasteiger partial charge in [-0.1, -0.05) is 12.1 Å². The van der Waals surface area contributed by atoms with Crippen molar-refractivity contribution in [3.05, 3.63) is 46.8 Å². The van der Waals surface area contributed by atoms with Crippen LogP contribution in [-0.4, -0.2) is 38.8 Å². The second kappa shape index (κ2) is 6.52. The summed E-state index contributed by atoms with van der Waals surface area (Å²) in [4.78, 5) is 14.4. The Kier molecular flexibility index (Phi) is 4.45. The van der Waals surface area contributed by atoms with Crippen LogP contribution in [0.4, 0.5) is 5.69 Å². The lowest BCUT2D eigenvalue weighted by Crippen LogP contribution is -2.30. The molecule has 3 rings (SSSR count). The van der Waals surface area contributed by atoms with Crippen molar-refractivity contribution in [3.63, 3.8) is 0 Å². The lowest BCUT2D eigenvalue weighted by Gasteiger charge is -2.16. The van der Waals surface area contributed by atoms with Gasteiger partial charge in [0.25, 0.3) is 0 Å². The van der Waals surface area contributed by atoms with Gasteiger partial charge in [-0.2, -0.15) is 5.10 Å². The van der Waals surface area contributed by atoms with Crippen LogP contribution >= 0.6 is 0 Å². The minimum atomic E-state index is -0.00878. The molecule has 0 bridgehead atoms. The molecule has 0 atom stereocenters. The van der Waals surface area contributed by atoms with Crippen molar-refractivity contribution in [1.82, 2.24) is 14.7 Å². The molecule has 1 amide bonds. The minimum Gasteiger partial charge on any atom is -0.394 e. The van der Waals surface area contributed by atoms with Gasteiger partial charge >= 0.3 is 0 Å². The van der Waals surface area contributed by atoms with Crippen LogP contribution in [0.2, 0.25) is 0 Å². The molecule has 0 unspecified atom stereocenters. The van der Waals surface area contributed by atoms with E-state index in [0.29, 0.717) is 19.6 Å². The Morgan fingerprint density at radius 1 is 1.35 bits per heavy atom. The van der Waals surface area contributed by atoms with Crippen molar-refractivity contribution in [3.8, 4) is 0 Å². The van der Waals surface area contributed by atoms with Gasteiger partial charge in [0, 0.05) is 24.3 Å². The maximum atomic E-state index is 12.3. The Labute approximate surface area is 135 Å². The van der Waals surface area contributed by atoms with Gasteiger partial charge in [-0.15, -0.1) is 0 Å². The molecule has 0 radical (unpaired) electrons. The number of hydrogen-bond acceptors (Lipinski definition) is 4. The number of carbonyl (C=O) groups is 1. The zero-order valence-electron chi connectivity index (χ0n) is 13.5. The average Bonchev–Trinajstić information content (AvgIpc) is 3.05. The highest BCUT2D eigenvalue weighted by Crippen LogP contribution is 2.22. The third-order valence-electron chi connectivity index (χ3n) is 4.15. The zero-order chi connectivity index (χ0) is 16.4. The fourth-order valence-corrected chi connectivity index (χ4v) is 2.94. The molecule has 0 aliphatic carbocycles. The van der Waals surface area contributed by atoms with E-state index in [1.165, 1.54) is 0 Å². The summed E-state index contributed by atoms with van der Waals surface area (Å²) < 4.78 is 1.82. The van der Waals surface area contributed by atoms with Crippen LogP contribution in [0, 0.1) is 13.8 Å². The third kappa shape index (κ3) is 3.43. The summed E-state index contributed by atoms with van der Waals surface area (Å²) in [7, 11) is 0. The number of anilines is 1. The summed E-state index contributed by atoms with van der Waals surface area (Å²) in [5, 5.41) is 16.3. The van der Waals surface area contributed by atoms with Gasteiger partial charge in [0.2, 0.25) is 5.91 Å². The summed E-state index contributed by atoms with van der Waals surface area (Å²) in [5.41, 5.74) is 5.30. The topological polar surface area (TPSA) is 70.4 Å². The Morgan fingerprint density at radius 2 is 2.17 bits per heavy atom. The highest BCUT2D eigenvalue weighted by Gasteiger charge is 2.25. The molecule has 0 saturated heterocycles. The van der Waals surface area contributed by atoms with Gasteiger partial charge in [-0.3, -0.25) is 14.4 Å². The number of aliphatic hydroxyl groups is 1. The van der Waals surface area contributed by atoms with E-state index in [4.69, 9.17) is 5.11 Å². The molecule has 0 saturated carbocycles. The predicted octanol–water partition coefficient (Wildman–Crippen LogP) is 1.45. The number of rotatable bonds is 5. The third-order valence-corrected chi connectivity index (χ3v) is 4.15. The van der Waals surface area contributed by atoms with Crippen molar-refractivity contribution in [2.45, 2.75) is 33.5 Å². The maximum absolute atomic E-state index is 12.3. The standard InChI is InChI=1S/C17H22N4O2/c1-12-3-4-13(2)15(7-12)19-17(23)11-20-9-14-8-18-21(5-6-22)16(14)10-20/h3-4,7-8,22H,5-6,9-11H2,1-2H3,(H,19,23). The van der Waals surface area contributed by atoms with Gasteiger partial charge in [-0.05, 0) is 31.0 Å². The Hall–Kier alpha value is -2.18. The first-order valence-corrected chi connectivity index (χ1v) is 7.80. The number of nitrogens with one attached hydrogen (secondary N) is 1. The molecular weight excluding hydrogens is 292 g/mol. The van der Waals surface area contributed by atoms with E-state index in [-0.39, 0.29) is 12.5 Å². The number of aromatic nitrogens is 2. The molecule has 1 aliphatic heterocycles. The summed E-state index contributed by atoms with van der Waals surface area (Å²) >= 11 is 0. The second-order valence-corrected chi connectivity index (χ2v) is 6.07. The van der Waals surface area contributed by atoms with E-state index in [1.807, 2.05) is 42.9 Å². The van der Waals surface area contributed by atoms with Crippen molar-refractivity contribution < 1.29 is 9.90 Å². The van der Waals surface area contributed by atoms with E-state index in [1.54, 1.807) is 0 Å². The zero-order valence-corrected chi connectivity index (χ0v) is 13.5. The van der Waals surface area contributed by atoms with Crippen LogP contribution < -0.4 is 5.32 Å². The van der Waals surface area contributed by atoms with E-state index < -0.39 is 0 Å². The Bertz CT molecular complexity index is 723. The van der Waals surface area contributed by atoms with Crippen molar-refractivity contribution in [2.75, 3.05) is 18.5 Å². The van der Waals surface area contributed by atoms with Crippen molar-refractivity contribution in [1.29, 1.82) is 0 Å². The molecular formula is C17H22N4O2. The second-order valence-electron chi connectivity index (χ2n) is 6.07. The van der Waals surface area contributed by atoms with Crippen LogP contribution in [0.25, 0.3) is 0 Å². The number of hydrogen-bond donors (Lipinski definition) is 2. The quantitative estimate of drug-likeness (QED) is 0.876. The van der Waals surface area contributed by atoms with Crippen LogP contribution in [0.15, 0.2) is 24.4 Å². The van der Waals surface area contributed by atoms with Crippen LogP contribution in [-0.2, 0) is 24.4 Å². The lowest BCUT2D eigenvalue weighted by atomic mass is 10.1. The number of carbonyl (C=O) groups excluding carboxylic acids is 1. The van der Waals surface area contributed by atoms with E-state index in [0.717, 1.165) is 34.6 Å². The fraction of sp³-hybridized carbons (Fsp3) is 0.412. The lowest BCUT2D eigenvalue weighted by molar-refractivity contribution is -0.117. The van der Waals surface area contributed by atoms with E-state index in [9.17, 15) is 4.79 Å². The number of nitrogens with zero attached hydrogens (tertiary/aromatic N) is 3. The number of aryl methyl sites for hydroxylation is 2. The van der Waals surface area contributed by atoms with Gasteiger partial charge in [0.15, 0.2) is 0 Å². The molecule has 2 heterocycles. The summed E-state index contributed by atoms with van der Waals surface area (Å²) in [6, 6.07) is 6.04. The molecule has 2 aromatic rings. The number of fused-ring (bicyclic) bond motifs is 1. The number of amides is 1. The molecule has 23 heavy (non-hydrogen) atoms. The summed E-state index contributed by atoms with van der Waals surface area (Å²) in [5.74, 6) is -0.00878. The predicted molar refractivity (Wildman–Crippen MR) is 88.0 cm³/mol. The Morgan fingerprint density at radius 3 is 2.96 bits per heavy atom. The van der Waals surface area contributed by atoms with Crippen LogP contribution in [0.1, 0.15) is 22.4 Å². The number of benzene rings is 1. The smallest absolute Gasteiger partial charge is 0.238 e. The van der Waals surface area contributed by atoms with E-state index >= 15 is 0 Å². The normalized spacial score (nSPS) is 14.0. The van der Waals surface area contributed by atoms with Gasteiger partial charge in [0.05, 0.1) is 31.6 Å². The Balaban J connectivity index is 1.60. The van der Waals surface area contributed by atoms with Gasteiger partial charge in [-0.25, -0.2) is 0 Å². The molecule has 6 nitrogen and oxygen atoms in total. The van der Waals surface area contributed by atoms with E-state index in [2.05, 4.69) is 15.3 Å². The molecule has 0 fully saturated rings. The first kappa shape index (κ1) is 15.7. The first-order valence-electron chi connectivity index (χ1n) is 7.80. The molecule has 6 heteroatoms. The number of aliphatic hydroxyl groups excluding tert-OH is 1. The van der Waals surface area contributed by atoms with Crippen LogP contribution in [0.5, 0.6) is 0 Å². The molecule has 0 spiro atoms. The average molecular weight is 314 g/mol. The molecule has 1 aromatic heterocycles. The van der Waals surface area contributed by atoms with Gasteiger partial charge in [0.1, 0.15) is 0 Å². The molecule has 1 aromatic carbocycles. The largest absolute Gasteiger partial charge is 0.394 e. The minimum absolute atomic E-state index is 0.00878. The summed E-state index contributed by atoms with van der Waals surface area (Å²) in [6.07, 6.45) is 1.83. The molecule has 1 aliphatic rings. The molecule has 2 N–H and O–H groups in total. The first-order chi connectivity index (χ1) is 11.1. The monoisotopic (exact) mass is 314 g/mol. The molecule has 122 valence electrons. The van der Waals surface area contributed by atoms with Crippen LogP contribution in [0.3, 0.4) is 0 Å². The van der Waals surface area contributed by atoms with Crippen molar-refractivity contribution in [2.24, 2.45) is 0 Å². The summed E-state index contributed by atoms with van der Waals surface area (Å²) in [6.45, 7) is 6.33. The highest BCUT2D eigenvalue weighted by atomic mass is 16.3. The SMILES string of the molecule is Cc1ccc(C)c(NC(=O)CN2Cc3cnn(CCO)c3C2)c1.